The molecule has 0 spiro atoms. The molecule has 2 rings (SSSR count). The summed E-state index contributed by atoms with van der Waals surface area (Å²) in [5, 5.41) is 2.73. The molecule has 0 unspecified atom stereocenters. The fourth-order valence-electron chi connectivity index (χ4n) is 1.25. The Labute approximate surface area is 118 Å². The van der Waals surface area contributed by atoms with Crippen molar-refractivity contribution in [1.29, 1.82) is 0 Å². The highest BCUT2D eigenvalue weighted by atomic mass is 127. The first kappa shape index (κ1) is 13.1. The number of amides is 1. The topological polar surface area (TPSA) is 68.5 Å². The minimum absolute atomic E-state index is 0.241. The van der Waals surface area contributed by atoms with Crippen molar-refractivity contribution in [3.63, 3.8) is 0 Å². The van der Waals surface area contributed by atoms with Crippen LogP contribution in [0, 0.1) is 3.77 Å². The zero-order chi connectivity index (χ0) is 13.0. The number of halogens is 1. The number of rotatable bonds is 5. The van der Waals surface area contributed by atoms with Crippen LogP contribution in [-0.2, 0) is 14.3 Å². The first-order chi connectivity index (χ1) is 8.63. The molecule has 1 amide bonds. The third-order valence-electron chi connectivity index (χ3n) is 2.27. The lowest BCUT2D eigenvalue weighted by molar-refractivity contribution is -0.143. The van der Waals surface area contributed by atoms with Crippen LogP contribution in [-0.4, -0.2) is 24.5 Å². The summed E-state index contributed by atoms with van der Waals surface area (Å²) in [5.41, 5.74) is 0. The SMILES string of the molecule is O=C(COC(=O)/C=C/c1ccc(I)o1)NC1CC1. The minimum Gasteiger partial charge on any atom is -0.452 e. The Bertz CT molecular complexity index is 476. The second-order valence-electron chi connectivity index (χ2n) is 3.92. The summed E-state index contributed by atoms with van der Waals surface area (Å²) < 4.78 is 10.8. The molecular weight excluding hydrogens is 349 g/mol. The van der Waals surface area contributed by atoms with E-state index in [1.54, 1.807) is 12.1 Å². The molecule has 0 aliphatic heterocycles. The third kappa shape index (κ3) is 4.52. The molecule has 18 heavy (non-hydrogen) atoms. The molecule has 0 atom stereocenters. The molecule has 1 aromatic heterocycles. The first-order valence-electron chi connectivity index (χ1n) is 5.53. The molecule has 1 saturated carbocycles. The van der Waals surface area contributed by atoms with Crippen LogP contribution in [0.1, 0.15) is 18.6 Å². The van der Waals surface area contributed by atoms with Gasteiger partial charge in [-0.25, -0.2) is 4.79 Å². The van der Waals surface area contributed by atoms with Crippen LogP contribution in [0.3, 0.4) is 0 Å². The van der Waals surface area contributed by atoms with Gasteiger partial charge in [0.25, 0.3) is 5.91 Å². The number of carbonyl (C=O) groups is 2. The van der Waals surface area contributed by atoms with Gasteiger partial charge in [0.1, 0.15) is 5.76 Å². The second kappa shape index (κ2) is 6.03. The van der Waals surface area contributed by atoms with Crippen molar-refractivity contribution < 1.29 is 18.7 Å². The number of hydrogen-bond donors (Lipinski definition) is 1. The summed E-state index contributed by atoms with van der Waals surface area (Å²) in [7, 11) is 0. The van der Waals surface area contributed by atoms with Crippen molar-refractivity contribution >= 4 is 40.5 Å². The van der Waals surface area contributed by atoms with E-state index >= 15 is 0 Å². The summed E-state index contributed by atoms with van der Waals surface area (Å²) in [6.45, 7) is -0.241. The largest absolute Gasteiger partial charge is 0.452 e. The van der Waals surface area contributed by atoms with E-state index in [4.69, 9.17) is 9.15 Å². The van der Waals surface area contributed by atoms with E-state index in [1.165, 1.54) is 12.2 Å². The summed E-state index contributed by atoms with van der Waals surface area (Å²) >= 11 is 2.03. The van der Waals surface area contributed by atoms with E-state index in [9.17, 15) is 9.59 Å². The Hall–Kier alpha value is -1.31. The monoisotopic (exact) mass is 361 g/mol. The van der Waals surface area contributed by atoms with E-state index in [0.717, 1.165) is 16.6 Å². The fraction of sp³-hybridized carbons (Fsp3) is 0.333. The maximum absolute atomic E-state index is 11.3. The zero-order valence-corrected chi connectivity index (χ0v) is 11.7. The van der Waals surface area contributed by atoms with Gasteiger partial charge in [0.05, 0.1) is 0 Å². The molecule has 1 fully saturated rings. The highest BCUT2D eigenvalue weighted by Crippen LogP contribution is 2.18. The smallest absolute Gasteiger partial charge is 0.331 e. The maximum Gasteiger partial charge on any atom is 0.331 e. The molecule has 1 aliphatic rings. The van der Waals surface area contributed by atoms with E-state index < -0.39 is 5.97 Å². The Balaban J connectivity index is 1.70. The summed E-state index contributed by atoms with van der Waals surface area (Å²) in [4.78, 5) is 22.5. The highest BCUT2D eigenvalue weighted by Gasteiger charge is 2.23. The summed E-state index contributed by atoms with van der Waals surface area (Å²) in [6, 6.07) is 3.80. The lowest BCUT2D eigenvalue weighted by Crippen LogP contribution is -2.30. The molecule has 0 bridgehead atoms. The second-order valence-corrected chi connectivity index (χ2v) is 4.99. The summed E-state index contributed by atoms with van der Waals surface area (Å²) in [5.74, 6) is -0.252. The van der Waals surface area contributed by atoms with Gasteiger partial charge in [-0.2, -0.15) is 0 Å². The number of carbonyl (C=O) groups excluding carboxylic acids is 2. The lowest BCUT2D eigenvalue weighted by Gasteiger charge is -2.02. The lowest BCUT2D eigenvalue weighted by atomic mass is 10.4. The quantitative estimate of drug-likeness (QED) is 0.493. The van der Waals surface area contributed by atoms with Crippen LogP contribution in [0.5, 0.6) is 0 Å². The van der Waals surface area contributed by atoms with Gasteiger partial charge in [-0.05, 0) is 53.6 Å². The van der Waals surface area contributed by atoms with Gasteiger partial charge in [0, 0.05) is 12.1 Å². The molecule has 0 radical (unpaired) electrons. The number of nitrogens with one attached hydrogen (secondary N) is 1. The minimum atomic E-state index is -0.563. The van der Waals surface area contributed by atoms with Gasteiger partial charge in [-0.3, -0.25) is 4.79 Å². The van der Waals surface area contributed by atoms with Gasteiger partial charge >= 0.3 is 5.97 Å². The van der Waals surface area contributed by atoms with E-state index in [1.807, 2.05) is 22.6 Å². The normalized spacial score (nSPS) is 14.7. The molecule has 6 heteroatoms. The number of ether oxygens (including phenoxy) is 1. The van der Waals surface area contributed by atoms with Crippen LogP contribution < -0.4 is 5.32 Å². The van der Waals surface area contributed by atoms with Crippen LogP contribution >= 0.6 is 22.6 Å². The predicted molar refractivity (Wildman–Crippen MR) is 72.6 cm³/mol. The average molecular weight is 361 g/mol. The predicted octanol–water partition coefficient (Wildman–Crippen LogP) is 1.72. The van der Waals surface area contributed by atoms with E-state index in [2.05, 4.69) is 5.32 Å². The molecule has 0 aromatic carbocycles. The van der Waals surface area contributed by atoms with Gasteiger partial charge in [-0.15, -0.1) is 0 Å². The van der Waals surface area contributed by atoms with Gasteiger partial charge < -0.3 is 14.5 Å². The van der Waals surface area contributed by atoms with Crippen molar-refractivity contribution in [3.8, 4) is 0 Å². The van der Waals surface area contributed by atoms with Crippen LogP contribution in [0.4, 0.5) is 0 Å². The van der Waals surface area contributed by atoms with Crippen molar-refractivity contribution in [2.75, 3.05) is 6.61 Å². The van der Waals surface area contributed by atoms with Crippen molar-refractivity contribution in [1.82, 2.24) is 5.32 Å². The Morgan fingerprint density at radius 2 is 2.28 bits per heavy atom. The Morgan fingerprint density at radius 3 is 2.89 bits per heavy atom. The van der Waals surface area contributed by atoms with Gasteiger partial charge in [0.2, 0.25) is 0 Å². The van der Waals surface area contributed by atoms with Gasteiger partial charge in [0.15, 0.2) is 10.4 Å². The molecule has 0 saturated heterocycles. The Morgan fingerprint density at radius 1 is 1.50 bits per heavy atom. The average Bonchev–Trinajstić information content (AvgIpc) is 3.04. The van der Waals surface area contributed by atoms with E-state index in [-0.39, 0.29) is 18.6 Å². The molecule has 1 heterocycles. The molecule has 1 aliphatic carbocycles. The van der Waals surface area contributed by atoms with Crippen molar-refractivity contribution in [2.45, 2.75) is 18.9 Å². The standard InChI is InChI=1S/C12H12INO4/c13-10-5-3-9(18-10)4-6-12(16)17-7-11(15)14-8-1-2-8/h3-6,8H,1-2,7H2,(H,14,15)/b6-4+. The molecule has 96 valence electrons. The molecule has 1 N–H and O–H groups in total. The first-order valence-corrected chi connectivity index (χ1v) is 6.61. The molecule has 5 nitrogen and oxygen atoms in total. The van der Waals surface area contributed by atoms with Crippen LogP contribution in [0.25, 0.3) is 6.08 Å². The fourth-order valence-corrected chi connectivity index (χ4v) is 1.68. The number of hydrogen-bond acceptors (Lipinski definition) is 4. The zero-order valence-electron chi connectivity index (χ0n) is 9.52. The third-order valence-corrected chi connectivity index (χ3v) is 2.85. The van der Waals surface area contributed by atoms with Gasteiger partial charge in [-0.1, -0.05) is 0 Å². The number of esters is 1. The Kier molecular flexibility index (Phi) is 4.40. The maximum atomic E-state index is 11.3. The summed E-state index contributed by atoms with van der Waals surface area (Å²) in [6.07, 6.45) is 4.76. The van der Waals surface area contributed by atoms with Crippen molar-refractivity contribution in [3.05, 3.63) is 27.7 Å². The van der Waals surface area contributed by atoms with E-state index in [0.29, 0.717) is 5.76 Å². The van der Waals surface area contributed by atoms with Crippen LogP contribution in [0.15, 0.2) is 22.6 Å². The number of furan rings is 1. The molecular formula is C12H12INO4. The highest BCUT2D eigenvalue weighted by molar-refractivity contribution is 14.1. The molecule has 1 aromatic rings. The van der Waals surface area contributed by atoms with Crippen molar-refractivity contribution in [2.24, 2.45) is 0 Å². The van der Waals surface area contributed by atoms with Crippen LogP contribution in [0.2, 0.25) is 0 Å².